The van der Waals surface area contributed by atoms with E-state index >= 15 is 0 Å². The van der Waals surface area contributed by atoms with Crippen LogP contribution in [0.2, 0.25) is 0 Å². The number of esters is 1. The lowest BCUT2D eigenvalue weighted by Gasteiger charge is -2.12. The third-order valence-corrected chi connectivity index (χ3v) is 2.18. The summed E-state index contributed by atoms with van der Waals surface area (Å²) in [6.45, 7) is 5.87. The molecule has 0 radical (unpaired) electrons. The molecule has 0 aliphatic carbocycles. The molecule has 96 valence electrons. The highest BCUT2D eigenvalue weighted by Gasteiger charge is 2.13. The lowest BCUT2D eigenvalue weighted by atomic mass is 9.94. The van der Waals surface area contributed by atoms with E-state index in [0.717, 1.165) is 11.0 Å². The van der Waals surface area contributed by atoms with Gasteiger partial charge < -0.3 is 9.47 Å². The first kappa shape index (κ1) is 14.4. The number of hydrogen-bond acceptors (Lipinski definition) is 3. The molecule has 18 heavy (non-hydrogen) atoms. The van der Waals surface area contributed by atoms with E-state index in [4.69, 9.17) is 9.47 Å². The first-order valence-corrected chi connectivity index (χ1v) is 6.15. The molecule has 3 nitrogen and oxygen atoms in total. The molecule has 0 atom stereocenters. The van der Waals surface area contributed by atoms with Gasteiger partial charge in [-0.2, -0.15) is 0 Å². The van der Waals surface area contributed by atoms with Crippen LogP contribution < -0.4 is 5.46 Å². The minimum absolute atomic E-state index is 0.0644. The maximum Gasteiger partial charge on any atom is 0.373 e. The molecule has 0 unspecified atom stereocenters. The fourth-order valence-corrected chi connectivity index (χ4v) is 1.51. The molecule has 1 aromatic rings. The van der Waals surface area contributed by atoms with Crippen molar-refractivity contribution in [2.75, 3.05) is 6.61 Å². The Bertz CT molecular complexity index is 438. The van der Waals surface area contributed by atoms with Crippen LogP contribution in [0.15, 0.2) is 30.0 Å². The Balaban J connectivity index is 2.97. The molecule has 0 aliphatic rings. The van der Waals surface area contributed by atoms with Crippen LogP contribution in [0.4, 0.5) is 0 Å². The topological polar surface area (TPSA) is 35.5 Å². The number of carbonyl (C=O) groups is 1. The molecule has 0 N–H and O–H groups in total. The number of benzene rings is 1. The number of hydrogen-bond donors (Lipinski definition) is 0. The second-order valence-corrected chi connectivity index (χ2v) is 4.31. The monoisotopic (exact) mass is 246 g/mol. The van der Waals surface area contributed by atoms with Crippen molar-refractivity contribution in [3.05, 3.63) is 35.6 Å². The summed E-state index contributed by atoms with van der Waals surface area (Å²) in [7, 11) is 2.00. The maximum absolute atomic E-state index is 11.8. The van der Waals surface area contributed by atoms with Crippen LogP contribution in [0, 0.1) is 0 Å². The van der Waals surface area contributed by atoms with E-state index < -0.39 is 5.97 Å². The fraction of sp³-hybridized carbons (Fsp3) is 0.357. The van der Waals surface area contributed by atoms with Crippen molar-refractivity contribution in [2.24, 2.45) is 0 Å². The first-order valence-electron chi connectivity index (χ1n) is 6.15. The van der Waals surface area contributed by atoms with Crippen molar-refractivity contribution in [3.8, 4) is 0 Å². The minimum atomic E-state index is -0.423. The van der Waals surface area contributed by atoms with Crippen molar-refractivity contribution >= 4 is 25.4 Å². The van der Waals surface area contributed by atoms with Crippen molar-refractivity contribution in [3.63, 3.8) is 0 Å². The van der Waals surface area contributed by atoms with E-state index in [9.17, 15) is 4.79 Å². The maximum atomic E-state index is 11.8. The second-order valence-electron chi connectivity index (χ2n) is 4.31. The van der Waals surface area contributed by atoms with Crippen molar-refractivity contribution < 1.29 is 14.3 Å². The standard InChI is InChI=1S/C14H19BO3/c1-4-17-14(16)13(18-10(2)3)9-11-6-5-7-12(15)8-11/h5-10H,4,15H2,1-3H3/b13-9-. The first-order chi connectivity index (χ1) is 8.52. The molecule has 0 amide bonds. The Kier molecular flexibility index (Phi) is 5.50. The van der Waals surface area contributed by atoms with Crippen LogP contribution in [0.25, 0.3) is 6.08 Å². The van der Waals surface area contributed by atoms with Gasteiger partial charge >= 0.3 is 5.97 Å². The summed E-state index contributed by atoms with van der Waals surface area (Å²) in [6.07, 6.45) is 1.65. The molecule has 0 aliphatic heterocycles. The molecule has 4 heteroatoms. The van der Waals surface area contributed by atoms with Crippen molar-refractivity contribution in [1.29, 1.82) is 0 Å². The highest BCUT2D eigenvalue weighted by molar-refractivity contribution is 6.32. The van der Waals surface area contributed by atoms with Gasteiger partial charge in [-0.25, -0.2) is 4.79 Å². The molecule has 0 aromatic heterocycles. The van der Waals surface area contributed by atoms with Gasteiger partial charge in [-0.1, -0.05) is 29.7 Å². The van der Waals surface area contributed by atoms with Gasteiger partial charge in [-0.15, -0.1) is 0 Å². The predicted octanol–water partition coefficient (Wildman–Crippen LogP) is 1.27. The third kappa shape index (κ3) is 4.66. The lowest BCUT2D eigenvalue weighted by molar-refractivity contribution is -0.143. The SMILES string of the molecule is Bc1cccc(/C=C(\OC(C)C)C(=O)OCC)c1. The average molecular weight is 246 g/mol. The van der Waals surface area contributed by atoms with Gasteiger partial charge in [-0.05, 0) is 32.4 Å². The summed E-state index contributed by atoms with van der Waals surface area (Å²) >= 11 is 0. The number of carbonyl (C=O) groups excluding carboxylic acids is 1. The zero-order valence-electron chi connectivity index (χ0n) is 11.4. The zero-order valence-corrected chi connectivity index (χ0v) is 11.4. The van der Waals surface area contributed by atoms with Gasteiger partial charge in [-0.3, -0.25) is 0 Å². The van der Waals surface area contributed by atoms with E-state index in [1.807, 2.05) is 46.0 Å². The third-order valence-electron chi connectivity index (χ3n) is 2.18. The molecule has 1 aromatic carbocycles. The van der Waals surface area contributed by atoms with Crippen LogP contribution in [-0.4, -0.2) is 26.5 Å². The second kappa shape index (κ2) is 6.89. The molecule has 0 saturated heterocycles. The Labute approximate surface area is 109 Å². The van der Waals surface area contributed by atoms with Gasteiger partial charge in [0.15, 0.2) is 0 Å². The summed E-state index contributed by atoms with van der Waals surface area (Å²) in [5.41, 5.74) is 2.07. The van der Waals surface area contributed by atoms with Gasteiger partial charge in [0.25, 0.3) is 0 Å². The molecule has 1 rings (SSSR count). The summed E-state index contributed by atoms with van der Waals surface area (Å²) in [5.74, 6) is -0.176. The number of ether oxygens (including phenoxy) is 2. The van der Waals surface area contributed by atoms with Gasteiger partial charge in [0.2, 0.25) is 5.76 Å². The van der Waals surface area contributed by atoms with E-state index in [-0.39, 0.29) is 11.9 Å². The molecule has 0 fully saturated rings. The zero-order chi connectivity index (χ0) is 13.5. The van der Waals surface area contributed by atoms with Gasteiger partial charge in [0.1, 0.15) is 7.85 Å². The normalized spacial score (nSPS) is 11.4. The molecule has 0 saturated carbocycles. The van der Waals surface area contributed by atoms with Crippen LogP contribution in [0.1, 0.15) is 26.3 Å². The summed E-state index contributed by atoms with van der Waals surface area (Å²) in [5, 5.41) is 0. The van der Waals surface area contributed by atoms with Crippen LogP contribution >= 0.6 is 0 Å². The summed E-state index contributed by atoms with van der Waals surface area (Å²) < 4.78 is 10.5. The minimum Gasteiger partial charge on any atom is -0.484 e. The Morgan fingerprint density at radius 3 is 2.72 bits per heavy atom. The van der Waals surface area contributed by atoms with Gasteiger partial charge in [0.05, 0.1) is 12.7 Å². The van der Waals surface area contributed by atoms with Crippen molar-refractivity contribution in [1.82, 2.24) is 0 Å². The average Bonchev–Trinajstić information content (AvgIpc) is 2.28. The van der Waals surface area contributed by atoms with Crippen LogP contribution in [-0.2, 0) is 14.3 Å². The van der Waals surface area contributed by atoms with E-state index in [1.165, 1.54) is 0 Å². The molecule has 0 bridgehead atoms. The lowest BCUT2D eigenvalue weighted by Crippen LogP contribution is -2.14. The van der Waals surface area contributed by atoms with Crippen molar-refractivity contribution in [2.45, 2.75) is 26.9 Å². The fourth-order valence-electron chi connectivity index (χ4n) is 1.51. The molecular weight excluding hydrogens is 227 g/mol. The molecule has 0 heterocycles. The van der Waals surface area contributed by atoms with E-state index in [0.29, 0.717) is 6.61 Å². The van der Waals surface area contributed by atoms with Gasteiger partial charge in [0, 0.05) is 0 Å². The molecular formula is C14H19BO3. The van der Waals surface area contributed by atoms with Crippen LogP contribution in [0.5, 0.6) is 0 Å². The Morgan fingerprint density at radius 1 is 1.44 bits per heavy atom. The number of rotatable bonds is 5. The van der Waals surface area contributed by atoms with E-state index in [1.54, 1.807) is 13.0 Å². The summed E-state index contributed by atoms with van der Waals surface area (Å²) in [6, 6.07) is 7.86. The highest BCUT2D eigenvalue weighted by Crippen LogP contribution is 2.11. The van der Waals surface area contributed by atoms with E-state index in [2.05, 4.69) is 0 Å². The van der Waals surface area contributed by atoms with Crippen LogP contribution in [0.3, 0.4) is 0 Å². The quantitative estimate of drug-likeness (QED) is 0.340. The Hall–Kier alpha value is -1.71. The highest BCUT2D eigenvalue weighted by atomic mass is 16.6. The Morgan fingerprint density at radius 2 is 2.17 bits per heavy atom. The summed E-state index contributed by atoms with van der Waals surface area (Å²) in [4.78, 5) is 11.8. The molecule has 0 spiro atoms. The largest absolute Gasteiger partial charge is 0.484 e. The smallest absolute Gasteiger partial charge is 0.373 e. The predicted molar refractivity (Wildman–Crippen MR) is 75.5 cm³/mol.